The molecule has 2 N–H and O–H groups in total. The second kappa shape index (κ2) is 7.67. The van der Waals surface area contributed by atoms with Crippen LogP contribution in [0.2, 0.25) is 0 Å². The summed E-state index contributed by atoms with van der Waals surface area (Å²) in [6, 6.07) is 18.0. The Labute approximate surface area is 124 Å². The van der Waals surface area contributed by atoms with Gasteiger partial charge >= 0.3 is 7.60 Å². The summed E-state index contributed by atoms with van der Waals surface area (Å²) in [6.07, 6.45) is 3.61. The monoisotopic (exact) mass is 303 g/mol. The maximum absolute atomic E-state index is 12.9. The summed E-state index contributed by atoms with van der Waals surface area (Å²) in [6.45, 7) is 0.386. The van der Waals surface area contributed by atoms with Gasteiger partial charge < -0.3 is 14.8 Å². The van der Waals surface area contributed by atoms with E-state index in [4.69, 9.17) is 14.8 Å². The zero-order valence-corrected chi connectivity index (χ0v) is 12.5. The number of hydrogen-bond donors (Lipinski definition) is 1. The van der Waals surface area contributed by atoms with Crippen molar-refractivity contribution in [2.24, 2.45) is 5.73 Å². The predicted molar refractivity (Wildman–Crippen MR) is 84.8 cm³/mol. The lowest BCUT2D eigenvalue weighted by atomic mass is 10.3. The van der Waals surface area contributed by atoms with Crippen molar-refractivity contribution in [2.75, 3.05) is 12.7 Å². The van der Waals surface area contributed by atoms with E-state index in [1.54, 1.807) is 36.4 Å². The molecule has 0 unspecified atom stereocenters. The Morgan fingerprint density at radius 3 is 1.76 bits per heavy atom. The van der Waals surface area contributed by atoms with Crippen LogP contribution in [-0.2, 0) is 4.57 Å². The lowest BCUT2D eigenvalue weighted by Gasteiger charge is -2.18. The number of rotatable bonds is 7. The first-order chi connectivity index (χ1) is 10.2. The molecule has 0 saturated carbocycles. The third-order valence-corrected chi connectivity index (χ3v) is 4.24. The molecule has 0 aliphatic heterocycles. The Hall–Kier alpha value is -2.03. The van der Waals surface area contributed by atoms with E-state index >= 15 is 0 Å². The van der Waals surface area contributed by atoms with Crippen LogP contribution in [0, 0.1) is 0 Å². The number of benzene rings is 2. The molecule has 0 amide bonds. The Balaban J connectivity index is 2.17. The smallest absolute Gasteiger partial charge is 0.416 e. The molecule has 110 valence electrons. The first-order valence-electron chi connectivity index (χ1n) is 6.65. The molecule has 0 atom stereocenters. The van der Waals surface area contributed by atoms with Crippen LogP contribution >= 0.6 is 7.60 Å². The number of para-hydroxylation sites is 2. The summed E-state index contributed by atoms with van der Waals surface area (Å²) < 4.78 is 24.1. The van der Waals surface area contributed by atoms with Gasteiger partial charge in [-0.1, -0.05) is 48.6 Å². The first kappa shape index (κ1) is 15.4. The molecule has 0 aromatic heterocycles. The second-order valence-corrected chi connectivity index (χ2v) is 6.26. The summed E-state index contributed by atoms with van der Waals surface area (Å²) in [4.78, 5) is 0. The molecule has 0 spiro atoms. The van der Waals surface area contributed by atoms with Gasteiger partial charge in [-0.15, -0.1) is 0 Å². The van der Waals surface area contributed by atoms with Crippen molar-refractivity contribution in [1.82, 2.24) is 0 Å². The highest BCUT2D eigenvalue weighted by Gasteiger charge is 2.26. The van der Waals surface area contributed by atoms with E-state index in [1.165, 1.54) is 0 Å². The van der Waals surface area contributed by atoms with Crippen LogP contribution in [0.5, 0.6) is 11.5 Å². The fourth-order valence-corrected chi connectivity index (χ4v) is 3.16. The molecular formula is C16H18NO3P. The Bertz CT molecular complexity index is 568. The van der Waals surface area contributed by atoms with Gasteiger partial charge in [0.2, 0.25) is 0 Å². The molecule has 2 aromatic carbocycles. The topological polar surface area (TPSA) is 61.6 Å². The fraction of sp³-hybridized carbons (Fsp3) is 0.125. The van der Waals surface area contributed by atoms with Crippen LogP contribution in [0.1, 0.15) is 0 Å². The van der Waals surface area contributed by atoms with Crippen LogP contribution in [0.4, 0.5) is 0 Å². The van der Waals surface area contributed by atoms with Crippen molar-refractivity contribution < 1.29 is 13.6 Å². The second-order valence-electron chi connectivity index (χ2n) is 4.31. The SMILES string of the molecule is NCC=CCP(=O)(Oc1ccccc1)Oc1ccccc1. The van der Waals surface area contributed by atoms with Gasteiger partial charge in [0.15, 0.2) is 0 Å². The molecule has 2 aromatic rings. The quantitative estimate of drug-likeness (QED) is 0.623. The maximum atomic E-state index is 12.9. The minimum atomic E-state index is -3.34. The summed E-state index contributed by atoms with van der Waals surface area (Å²) in [7, 11) is -3.34. The molecule has 0 saturated heterocycles. The van der Waals surface area contributed by atoms with E-state index in [9.17, 15) is 4.57 Å². The lowest BCUT2D eigenvalue weighted by Crippen LogP contribution is -2.04. The minimum Gasteiger partial charge on any atom is -0.416 e. The van der Waals surface area contributed by atoms with Gasteiger partial charge in [0, 0.05) is 6.54 Å². The lowest BCUT2D eigenvalue weighted by molar-refractivity contribution is 0.389. The van der Waals surface area contributed by atoms with E-state index in [0.29, 0.717) is 18.0 Å². The van der Waals surface area contributed by atoms with Crippen molar-refractivity contribution >= 4 is 7.60 Å². The highest BCUT2D eigenvalue weighted by Crippen LogP contribution is 2.48. The van der Waals surface area contributed by atoms with Gasteiger partial charge in [0.05, 0.1) is 6.16 Å². The van der Waals surface area contributed by atoms with Crippen molar-refractivity contribution in [3.63, 3.8) is 0 Å². The van der Waals surface area contributed by atoms with Gasteiger partial charge in [0.1, 0.15) is 11.5 Å². The average Bonchev–Trinajstić information content (AvgIpc) is 2.49. The minimum absolute atomic E-state index is 0.161. The summed E-state index contributed by atoms with van der Waals surface area (Å²) in [5.41, 5.74) is 5.40. The van der Waals surface area contributed by atoms with Gasteiger partial charge in [0.25, 0.3) is 0 Å². The Morgan fingerprint density at radius 2 is 1.33 bits per heavy atom. The Kier molecular flexibility index (Phi) is 5.61. The first-order valence-corrected chi connectivity index (χ1v) is 8.38. The molecule has 5 heteroatoms. The standard InChI is InChI=1S/C16H18NO3P/c17-13-7-8-14-21(18,19-15-9-3-1-4-10-15)20-16-11-5-2-6-12-16/h1-12H,13-14,17H2. The van der Waals surface area contributed by atoms with E-state index in [2.05, 4.69) is 0 Å². The van der Waals surface area contributed by atoms with Crippen LogP contribution in [0.3, 0.4) is 0 Å². The molecule has 2 rings (SSSR count). The van der Waals surface area contributed by atoms with Crippen molar-refractivity contribution in [2.45, 2.75) is 0 Å². The van der Waals surface area contributed by atoms with Gasteiger partial charge in [-0.3, -0.25) is 0 Å². The number of nitrogens with two attached hydrogens (primary N) is 1. The van der Waals surface area contributed by atoms with Crippen LogP contribution in [0.25, 0.3) is 0 Å². The number of hydrogen-bond acceptors (Lipinski definition) is 4. The molecule has 0 bridgehead atoms. The fourth-order valence-electron chi connectivity index (χ4n) is 1.68. The highest BCUT2D eigenvalue weighted by molar-refractivity contribution is 7.54. The molecular weight excluding hydrogens is 285 g/mol. The number of allylic oxidation sites excluding steroid dienone is 1. The zero-order chi connectivity index (χ0) is 15.0. The van der Waals surface area contributed by atoms with E-state index in [0.717, 1.165) is 0 Å². The third-order valence-electron chi connectivity index (χ3n) is 2.61. The molecule has 0 heterocycles. The van der Waals surface area contributed by atoms with Crippen molar-refractivity contribution in [1.29, 1.82) is 0 Å². The average molecular weight is 303 g/mol. The molecule has 21 heavy (non-hydrogen) atoms. The van der Waals surface area contributed by atoms with Crippen LogP contribution < -0.4 is 14.8 Å². The molecule has 0 fully saturated rings. The van der Waals surface area contributed by atoms with Gasteiger partial charge in [-0.25, -0.2) is 4.57 Å². The molecule has 0 aliphatic carbocycles. The third kappa shape index (κ3) is 5.10. The van der Waals surface area contributed by atoms with Gasteiger partial charge in [-0.2, -0.15) is 0 Å². The maximum Gasteiger partial charge on any atom is 0.434 e. The summed E-state index contributed by atoms with van der Waals surface area (Å²) in [5, 5.41) is 0. The normalized spacial score (nSPS) is 11.5. The van der Waals surface area contributed by atoms with Crippen molar-refractivity contribution in [3.05, 3.63) is 72.8 Å². The van der Waals surface area contributed by atoms with Crippen molar-refractivity contribution in [3.8, 4) is 11.5 Å². The predicted octanol–water partition coefficient (Wildman–Crippen LogP) is 3.85. The molecule has 4 nitrogen and oxygen atoms in total. The largest absolute Gasteiger partial charge is 0.434 e. The van der Waals surface area contributed by atoms with Crippen LogP contribution in [0.15, 0.2) is 72.8 Å². The van der Waals surface area contributed by atoms with E-state index in [-0.39, 0.29) is 6.16 Å². The molecule has 0 aliphatic rings. The highest BCUT2D eigenvalue weighted by atomic mass is 31.2. The molecule has 0 radical (unpaired) electrons. The van der Waals surface area contributed by atoms with Gasteiger partial charge in [-0.05, 0) is 24.3 Å². The van der Waals surface area contributed by atoms with E-state index in [1.807, 2.05) is 36.4 Å². The zero-order valence-electron chi connectivity index (χ0n) is 11.6. The Morgan fingerprint density at radius 1 is 0.857 bits per heavy atom. The summed E-state index contributed by atoms with van der Waals surface area (Å²) >= 11 is 0. The van der Waals surface area contributed by atoms with Crippen LogP contribution in [-0.4, -0.2) is 12.7 Å². The van der Waals surface area contributed by atoms with E-state index < -0.39 is 7.60 Å². The summed E-state index contributed by atoms with van der Waals surface area (Å²) in [5.74, 6) is 1.02.